The van der Waals surface area contributed by atoms with Crippen LogP contribution in [-0.4, -0.2) is 18.4 Å². The van der Waals surface area contributed by atoms with Gasteiger partial charge < -0.3 is 10.6 Å². The zero-order chi connectivity index (χ0) is 19.2. The number of carbonyl (C=O) groups is 2. The van der Waals surface area contributed by atoms with Crippen LogP contribution >= 0.6 is 0 Å². The number of hydrogen-bond donors (Lipinski definition) is 2. The molecule has 142 valence electrons. The second kappa shape index (κ2) is 9.02. The lowest BCUT2D eigenvalue weighted by Crippen LogP contribution is -2.34. The third-order valence-corrected chi connectivity index (χ3v) is 5.52. The zero-order valence-corrected chi connectivity index (χ0v) is 16.3. The Kier molecular flexibility index (Phi) is 7.01. The highest BCUT2D eigenvalue weighted by Crippen LogP contribution is 2.39. The molecule has 4 nitrogen and oxygen atoms in total. The highest BCUT2D eigenvalue weighted by atomic mass is 16.2. The second-order valence-corrected chi connectivity index (χ2v) is 8.37. The number of amides is 2. The summed E-state index contributed by atoms with van der Waals surface area (Å²) in [5, 5.41) is 5.82. The minimum Gasteiger partial charge on any atom is -0.352 e. The van der Waals surface area contributed by atoms with Crippen LogP contribution in [0.4, 0.5) is 0 Å². The van der Waals surface area contributed by atoms with Crippen LogP contribution in [0.2, 0.25) is 0 Å². The molecule has 2 amide bonds. The van der Waals surface area contributed by atoms with Crippen molar-refractivity contribution in [2.45, 2.75) is 53.0 Å². The molecule has 1 fully saturated rings. The predicted octanol–water partition coefficient (Wildman–Crippen LogP) is 4.07. The first-order chi connectivity index (χ1) is 12.3. The van der Waals surface area contributed by atoms with Crippen LogP contribution in [0, 0.1) is 17.3 Å². The van der Waals surface area contributed by atoms with Gasteiger partial charge in [0.25, 0.3) is 5.91 Å². The van der Waals surface area contributed by atoms with E-state index in [1.165, 1.54) is 31.8 Å². The molecule has 0 bridgehead atoms. The number of carbonyl (C=O) groups excluding carboxylic acids is 2. The van der Waals surface area contributed by atoms with Crippen LogP contribution in [0.1, 0.15) is 62.4 Å². The average molecular weight is 357 g/mol. The van der Waals surface area contributed by atoms with E-state index in [0.29, 0.717) is 23.4 Å². The van der Waals surface area contributed by atoms with Crippen LogP contribution < -0.4 is 10.6 Å². The zero-order valence-electron chi connectivity index (χ0n) is 16.3. The molecule has 0 radical (unpaired) electrons. The molecule has 0 aromatic heterocycles. The van der Waals surface area contributed by atoms with E-state index in [2.05, 4.69) is 38.0 Å². The van der Waals surface area contributed by atoms with Gasteiger partial charge in [0.1, 0.15) is 0 Å². The first-order valence-corrected chi connectivity index (χ1v) is 9.57. The summed E-state index contributed by atoms with van der Waals surface area (Å²) in [6.07, 6.45) is 6.08. The Morgan fingerprint density at radius 2 is 1.77 bits per heavy atom. The van der Waals surface area contributed by atoms with Crippen LogP contribution in [0.15, 0.2) is 36.9 Å². The second-order valence-electron chi connectivity index (χ2n) is 8.37. The Morgan fingerprint density at radius 3 is 2.38 bits per heavy atom. The van der Waals surface area contributed by atoms with E-state index in [1.54, 1.807) is 6.07 Å². The Hall–Kier alpha value is -2.10. The van der Waals surface area contributed by atoms with Gasteiger partial charge in [0.15, 0.2) is 0 Å². The molecule has 1 aromatic rings. The monoisotopic (exact) mass is 356 g/mol. The van der Waals surface area contributed by atoms with Gasteiger partial charge in [0, 0.05) is 18.7 Å². The molecule has 2 rings (SSSR count). The molecule has 0 unspecified atom stereocenters. The molecular weight excluding hydrogens is 324 g/mol. The van der Waals surface area contributed by atoms with E-state index < -0.39 is 0 Å². The number of hydrogen-bond acceptors (Lipinski definition) is 2. The standard InChI is InChI=1S/C22H32N2O2/c1-5-20(25)23-15-17-8-6-7-9-19(17)21(26)24-14-16-10-12-18(13-11-16)22(2,3)4/h5-9,16,18H,1,10-15H2,2-4H3,(H,23,25)(H,24,26). The molecule has 2 N–H and O–H groups in total. The number of rotatable bonds is 6. The van der Waals surface area contributed by atoms with E-state index in [0.717, 1.165) is 18.0 Å². The SMILES string of the molecule is C=CC(=O)NCc1ccccc1C(=O)NCC1CCC(C(C)(C)C)CC1. The molecule has 0 atom stereocenters. The lowest BCUT2D eigenvalue weighted by atomic mass is 9.70. The van der Waals surface area contributed by atoms with E-state index in [4.69, 9.17) is 0 Å². The van der Waals surface area contributed by atoms with Crippen molar-refractivity contribution < 1.29 is 9.59 Å². The molecule has 0 saturated heterocycles. The van der Waals surface area contributed by atoms with Crippen LogP contribution in [0.3, 0.4) is 0 Å². The van der Waals surface area contributed by atoms with E-state index in [1.807, 2.05) is 18.2 Å². The molecule has 1 aliphatic rings. The lowest BCUT2D eigenvalue weighted by Gasteiger charge is -2.37. The van der Waals surface area contributed by atoms with Crippen molar-refractivity contribution in [1.82, 2.24) is 10.6 Å². The van der Waals surface area contributed by atoms with Gasteiger partial charge in [-0.05, 0) is 60.6 Å². The maximum Gasteiger partial charge on any atom is 0.251 e. The van der Waals surface area contributed by atoms with Crippen molar-refractivity contribution in [3.05, 3.63) is 48.0 Å². The van der Waals surface area contributed by atoms with Gasteiger partial charge in [-0.2, -0.15) is 0 Å². The normalized spacial score (nSPS) is 20.3. The Balaban J connectivity index is 1.87. The fourth-order valence-corrected chi connectivity index (χ4v) is 3.72. The average Bonchev–Trinajstić information content (AvgIpc) is 2.64. The largest absolute Gasteiger partial charge is 0.352 e. The van der Waals surface area contributed by atoms with Gasteiger partial charge in [-0.3, -0.25) is 9.59 Å². The first kappa shape index (κ1) is 20.2. The highest BCUT2D eigenvalue weighted by molar-refractivity contribution is 5.96. The molecule has 4 heteroatoms. The Bertz CT molecular complexity index is 638. The molecule has 26 heavy (non-hydrogen) atoms. The first-order valence-electron chi connectivity index (χ1n) is 9.57. The van der Waals surface area contributed by atoms with Crippen LogP contribution in [0.5, 0.6) is 0 Å². The Labute approximate surface area is 157 Å². The summed E-state index contributed by atoms with van der Waals surface area (Å²) in [5.41, 5.74) is 1.82. The van der Waals surface area contributed by atoms with Crippen LogP contribution in [-0.2, 0) is 11.3 Å². The van der Waals surface area contributed by atoms with Gasteiger partial charge >= 0.3 is 0 Å². The summed E-state index contributed by atoms with van der Waals surface area (Å²) in [6, 6.07) is 7.40. The van der Waals surface area contributed by atoms with Crippen LogP contribution in [0.25, 0.3) is 0 Å². The topological polar surface area (TPSA) is 58.2 Å². The maximum atomic E-state index is 12.6. The highest BCUT2D eigenvalue weighted by Gasteiger charge is 2.29. The fourth-order valence-electron chi connectivity index (χ4n) is 3.72. The lowest BCUT2D eigenvalue weighted by molar-refractivity contribution is -0.116. The Morgan fingerprint density at radius 1 is 1.12 bits per heavy atom. The maximum absolute atomic E-state index is 12.6. The van der Waals surface area contributed by atoms with Gasteiger partial charge in [-0.25, -0.2) is 0 Å². The van der Waals surface area contributed by atoms with Crippen molar-refractivity contribution in [2.24, 2.45) is 17.3 Å². The summed E-state index contributed by atoms with van der Waals surface area (Å²) in [6.45, 7) is 11.5. The predicted molar refractivity (Wildman–Crippen MR) is 106 cm³/mol. The summed E-state index contributed by atoms with van der Waals surface area (Å²) < 4.78 is 0. The van der Waals surface area contributed by atoms with Gasteiger partial charge in [-0.15, -0.1) is 0 Å². The van der Waals surface area contributed by atoms with Gasteiger partial charge in [0.05, 0.1) is 0 Å². The third-order valence-electron chi connectivity index (χ3n) is 5.52. The minimum absolute atomic E-state index is 0.0635. The minimum atomic E-state index is -0.240. The van der Waals surface area contributed by atoms with Gasteiger partial charge in [0.2, 0.25) is 5.91 Å². The quantitative estimate of drug-likeness (QED) is 0.755. The summed E-state index contributed by atoms with van der Waals surface area (Å²) in [5.74, 6) is 1.04. The van der Waals surface area contributed by atoms with E-state index >= 15 is 0 Å². The fraction of sp³-hybridized carbons (Fsp3) is 0.545. The summed E-state index contributed by atoms with van der Waals surface area (Å²) >= 11 is 0. The molecule has 0 heterocycles. The molecule has 1 aromatic carbocycles. The molecule has 1 aliphatic carbocycles. The third kappa shape index (κ3) is 5.72. The van der Waals surface area contributed by atoms with Crippen molar-refractivity contribution >= 4 is 11.8 Å². The van der Waals surface area contributed by atoms with Crippen molar-refractivity contribution in [1.29, 1.82) is 0 Å². The molecule has 0 aliphatic heterocycles. The van der Waals surface area contributed by atoms with Gasteiger partial charge in [-0.1, -0.05) is 45.5 Å². The summed E-state index contributed by atoms with van der Waals surface area (Å²) in [7, 11) is 0. The number of benzene rings is 1. The smallest absolute Gasteiger partial charge is 0.251 e. The van der Waals surface area contributed by atoms with Crippen molar-refractivity contribution in [3.8, 4) is 0 Å². The van der Waals surface area contributed by atoms with Crippen molar-refractivity contribution in [3.63, 3.8) is 0 Å². The van der Waals surface area contributed by atoms with E-state index in [-0.39, 0.29) is 11.8 Å². The molecule has 1 saturated carbocycles. The van der Waals surface area contributed by atoms with E-state index in [9.17, 15) is 9.59 Å². The number of nitrogens with one attached hydrogen (secondary N) is 2. The molecule has 0 spiro atoms. The summed E-state index contributed by atoms with van der Waals surface area (Å²) in [4.78, 5) is 24.0. The van der Waals surface area contributed by atoms with Crippen molar-refractivity contribution in [2.75, 3.05) is 6.54 Å². The molecular formula is C22H32N2O2.